The highest BCUT2D eigenvalue weighted by atomic mass is 127. The van der Waals surface area contributed by atoms with Crippen molar-refractivity contribution < 1.29 is 13.5 Å². The minimum absolute atomic E-state index is 0. The van der Waals surface area contributed by atoms with Crippen molar-refractivity contribution in [2.75, 3.05) is 27.7 Å². The average molecular weight is 518 g/mol. The maximum Gasteiger partial charge on any atom is 0.191 e. The van der Waals surface area contributed by atoms with Gasteiger partial charge < -0.3 is 20.3 Å². The first-order valence-corrected chi connectivity index (χ1v) is 9.16. The van der Waals surface area contributed by atoms with Crippen LogP contribution in [0.2, 0.25) is 0 Å². The van der Waals surface area contributed by atoms with Gasteiger partial charge >= 0.3 is 0 Å². The molecule has 2 aromatic rings. The topological polar surface area (TPSA) is 48.9 Å². The van der Waals surface area contributed by atoms with Gasteiger partial charge in [0, 0.05) is 25.7 Å². The lowest BCUT2D eigenvalue weighted by molar-refractivity contribution is 0.214. The van der Waals surface area contributed by atoms with Crippen LogP contribution in [0.25, 0.3) is 0 Å². The molecule has 0 aliphatic rings. The molecule has 2 rings (SSSR count). The third-order valence-corrected chi connectivity index (χ3v) is 4.00. The maximum absolute atomic E-state index is 13.9. The molecule has 1 atom stereocenters. The second-order valence-corrected chi connectivity index (χ2v) is 6.83. The molecular formula is C21H29F2IN4O. The van der Waals surface area contributed by atoms with Crippen molar-refractivity contribution >= 4 is 29.9 Å². The molecule has 8 heteroatoms. The van der Waals surface area contributed by atoms with Crippen LogP contribution in [-0.4, -0.2) is 44.7 Å². The minimum Gasteiger partial charge on any atom is -0.486 e. The Hall–Kier alpha value is -1.94. The highest BCUT2D eigenvalue weighted by Crippen LogP contribution is 2.16. The van der Waals surface area contributed by atoms with Crippen LogP contribution in [0.3, 0.4) is 0 Å². The Kier molecular flexibility index (Phi) is 10.9. The number of benzene rings is 2. The van der Waals surface area contributed by atoms with Crippen LogP contribution in [0.15, 0.2) is 47.5 Å². The quantitative estimate of drug-likeness (QED) is 0.318. The summed E-state index contributed by atoms with van der Waals surface area (Å²) in [5.74, 6) is 0.211. The molecule has 29 heavy (non-hydrogen) atoms. The molecule has 0 aliphatic heterocycles. The largest absolute Gasteiger partial charge is 0.486 e. The van der Waals surface area contributed by atoms with Crippen molar-refractivity contribution in [2.45, 2.75) is 26.1 Å². The molecule has 2 N–H and O–H groups in total. The van der Waals surface area contributed by atoms with E-state index in [1.165, 1.54) is 12.1 Å². The fourth-order valence-corrected chi connectivity index (χ4v) is 2.65. The van der Waals surface area contributed by atoms with E-state index in [0.29, 0.717) is 31.2 Å². The molecule has 5 nitrogen and oxygen atoms in total. The van der Waals surface area contributed by atoms with Crippen molar-refractivity contribution in [2.24, 2.45) is 4.99 Å². The van der Waals surface area contributed by atoms with Gasteiger partial charge in [-0.1, -0.05) is 18.2 Å². The second kappa shape index (κ2) is 12.6. The zero-order chi connectivity index (χ0) is 20.5. The van der Waals surface area contributed by atoms with Gasteiger partial charge in [-0.05, 0) is 50.8 Å². The van der Waals surface area contributed by atoms with E-state index in [9.17, 15) is 8.78 Å². The van der Waals surface area contributed by atoms with Gasteiger partial charge in [0.1, 0.15) is 11.9 Å². The zero-order valence-corrected chi connectivity index (χ0v) is 19.5. The summed E-state index contributed by atoms with van der Waals surface area (Å²) in [5.41, 5.74) is 1.61. The molecule has 0 aromatic heterocycles. The molecule has 2 aromatic carbocycles. The number of hydrogen-bond acceptors (Lipinski definition) is 3. The lowest BCUT2D eigenvalue weighted by atomic mass is 10.1. The molecule has 0 saturated carbocycles. The molecule has 0 amide bonds. The van der Waals surface area contributed by atoms with Crippen molar-refractivity contribution in [1.29, 1.82) is 0 Å². The van der Waals surface area contributed by atoms with Crippen LogP contribution >= 0.6 is 24.0 Å². The van der Waals surface area contributed by atoms with Gasteiger partial charge in [-0.15, -0.1) is 24.0 Å². The maximum atomic E-state index is 13.9. The fourth-order valence-electron chi connectivity index (χ4n) is 2.65. The van der Waals surface area contributed by atoms with Gasteiger partial charge in [-0.3, -0.25) is 4.99 Å². The van der Waals surface area contributed by atoms with Gasteiger partial charge in [0.05, 0.1) is 6.54 Å². The van der Waals surface area contributed by atoms with E-state index in [-0.39, 0.29) is 47.5 Å². The number of nitrogens with one attached hydrogen (secondary N) is 2. The number of para-hydroxylation sites is 1. The Bertz CT molecular complexity index is 802. The lowest BCUT2D eigenvalue weighted by Gasteiger charge is -2.18. The third-order valence-electron chi connectivity index (χ3n) is 4.00. The monoisotopic (exact) mass is 518 g/mol. The van der Waals surface area contributed by atoms with Gasteiger partial charge in [-0.2, -0.15) is 0 Å². The molecule has 0 radical (unpaired) electrons. The number of guanidine groups is 1. The SMILES string of the molecule is CN=C(NCc1ccc(F)c(CN(C)C)c1)NCC(C)Oc1ccccc1F.I. The van der Waals surface area contributed by atoms with Crippen molar-refractivity contribution in [1.82, 2.24) is 15.5 Å². The predicted molar refractivity (Wildman–Crippen MR) is 124 cm³/mol. The lowest BCUT2D eigenvalue weighted by Crippen LogP contribution is -2.41. The van der Waals surface area contributed by atoms with E-state index in [1.54, 1.807) is 31.3 Å². The van der Waals surface area contributed by atoms with E-state index in [1.807, 2.05) is 32.0 Å². The van der Waals surface area contributed by atoms with E-state index < -0.39 is 0 Å². The van der Waals surface area contributed by atoms with Gasteiger partial charge in [0.2, 0.25) is 0 Å². The summed E-state index contributed by atoms with van der Waals surface area (Å²) < 4.78 is 33.1. The first-order chi connectivity index (χ1) is 13.4. The number of nitrogens with zero attached hydrogens (tertiary/aromatic N) is 2. The number of halogens is 3. The highest BCUT2D eigenvalue weighted by molar-refractivity contribution is 14.0. The minimum atomic E-state index is -0.387. The van der Waals surface area contributed by atoms with Crippen molar-refractivity contribution in [3.63, 3.8) is 0 Å². The highest BCUT2D eigenvalue weighted by Gasteiger charge is 2.09. The fraction of sp³-hybridized carbons (Fsp3) is 0.381. The van der Waals surface area contributed by atoms with Gasteiger partial charge in [0.15, 0.2) is 17.5 Å². The molecular weight excluding hydrogens is 489 g/mol. The average Bonchev–Trinajstić information content (AvgIpc) is 2.66. The first-order valence-electron chi connectivity index (χ1n) is 9.16. The zero-order valence-electron chi connectivity index (χ0n) is 17.2. The molecule has 0 fully saturated rings. The molecule has 0 heterocycles. The molecule has 0 bridgehead atoms. The van der Waals surface area contributed by atoms with E-state index in [0.717, 1.165) is 5.56 Å². The Morgan fingerprint density at radius 3 is 2.48 bits per heavy atom. The summed E-state index contributed by atoms with van der Waals surface area (Å²) >= 11 is 0. The Balaban J connectivity index is 0.00000420. The van der Waals surface area contributed by atoms with Crippen LogP contribution < -0.4 is 15.4 Å². The van der Waals surface area contributed by atoms with Crippen molar-refractivity contribution in [3.05, 3.63) is 65.2 Å². The van der Waals surface area contributed by atoms with E-state index in [4.69, 9.17) is 4.74 Å². The normalized spacial score (nSPS) is 12.3. The summed E-state index contributed by atoms with van der Waals surface area (Å²) in [7, 11) is 5.47. The van der Waals surface area contributed by atoms with Crippen LogP contribution in [0.5, 0.6) is 5.75 Å². The second-order valence-electron chi connectivity index (χ2n) is 6.83. The van der Waals surface area contributed by atoms with Crippen LogP contribution in [0.1, 0.15) is 18.1 Å². The number of ether oxygens (including phenoxy) is 1. The first kappa shape index (κ1) is 25.1. The number of rotatable bonds is 8. The Morgan fingerprint density at radius 2 is 1.83 bits per heavy atom. The summed E-state index contributed by atoms with van der Waals surface area (Å²) in [6.07, 6.45) is -0.257. The molecule has 1 unspecified atom stereocenters. The van der Waals surface area contributed by atoms with Crippen LogP contribution in [0, 0.1) is 11.6 Å². The Labute approximate surface area is 188 Å². The standard InChI is InChI=1S/C21H28F2N4O.HI/c1-15(28-20-8-6-5-7-19(20)23)12-25-21(24-2)26-13-16-9-10-18(22)17(11-16)14-27(3)4;/h5-11,15H,12-14H2,1-4H3,(H2,24,25,26);1H. The summed E-state index contributed by atoms with van der Waals surface area (Å²) in [4.78, 5) is 6.09. The summed E-state index contributed by atoms with van der Waals surface area (Å²) in [5, 5.41) is 6.34. The molecule has 0 saturated heterocycles. The number of hydrogen-bond donors (Lipinski definition) is 2. The Morgan fingerprint density at radius 1 is 1.10 bits per heavy atom. The molecule has 0 aliphatic carbocycles. The molecule has 160 valence electrons. The van der Waals surface area contributed by atoms with Crippen LogP contribution in [0.4, 0.5) is 8.78 Å². The van der Waals surface area contributed by atoms with Gasteiger partial charge in [-0.25, -0.2) is 8.78 Å². The van der Waals surface area contributed by atoms with Gasteiger partial charge in [0.25, 0.3) is 0 Å². The van der Waals surface area contributed by atoms with E-state index in [2.05, 4.69) is 15.6 Å². The third kappa shape index (κ3) is 8.53. The van der Waals surface area contributed by atoms with Crippen LogP contribution in [-0.2, 0) is 13.1 Å². The van der Waals surface area contributed by atoms with E-state index >= 15 is 0 Å². The summed E-state index contributed by atoms with van der Waals surface area (Å²) in [6.45, 7) is 3.34. The van der Waals surface area contributed by atoms with Crippen molar-refractivity contribution in [3.8, 4) is 5.75 Å². The summed E-state index contributed by atoms with van der Waals surface area (Å²) in [6, 6.07) is 11.4. The number of aliphatic imine (C=N–C) groups is 1. The predicted octanol–water partition coefficient (Wildman–Crippen LogP) is 3.78. The molecule has 0 spiro atoms. The smallest absolute Gasteiger partial charge is 0.191 e.